The van der Waals surface area contributed by atoms with Gasteiger partial charge in [0.15, 0.2) is 11.5 Å². The van der Waals surface area contributed by atoms with Gasteiger partial charge < -0.3 is 14.2 Å². The highest BCUT2D eigenvalue weighted by Gasteiger charge is 2.31. The van der Waals surface area contributed by atoms with Crippen molar-refractivity contribution in [3.05, 3.63) is 74.8 Å². The summed E-state index contributed by atoms with van der Waals surface area (Å²) in [7, 11) is 4.63. The van der Waals surface area contributed by atoms with Gasteiger partial charge in [-0.2, -0.15) is 0 Å². The normalized spacial score (nSPS) is 12.1. The molecule has 3 aromatic rings. The third kappa shape index (κ3) is 3.55. The second-order valence-corrected chi connectivity index (χ2v) is 8.43. The smallest absolute Gasteiger partial charge is 0.263 e. The Kier molecular flexibility index (Phi) is 5.67. The number of amides is 1. The molecule has 0 spiro atoms. The molecule has 0 saturated heterocycles. The van der Waals surface area contributed by atoms with Crippen LogP contribution in [-0.4, -0.2) is 27.2 Å². The number of fused-ring (bicyclic) bond motifs is 2. The molecule has 1 aliphatic rings. The quantitative estimate of drug-likeness (QED) is 0.460. The first kappa shape index (κ1) is 21.2. The fraction of sp³-hybridized carbons (Fsp3) is 0.240. The Hall–Kier alpha value is -2.99. The summed E-state index contributed by atoms with van der Waals surface area (Å²) in [6.07, 6.45) is 0.782. The summed E-state index contributed by atoms with van der Waals surface area (Å²) < 4.78 is 17.3. The monoisotopic (exact) mass is 481 g/mol. The number of anilines is 2. The van der Waals surface area contributed by atoms with Gasteiger partial charge in [-0.15, -0.1) is 0 Å². The van der Waals surface area contributed by atoms with Crippen LogP contribution in [0.2, 0.25) is 0 Å². The van der Waals surface area contributed by atoms with Crippen molar-refractivity contribution in [2.24, 2.45) is 0 Å². The SMILES string of the molecule is COc1cc(C(=O)N2c3cc(Br)ccc3Cc3c2ccc(C)c3C)cc(OC)c1OC. The molecule has 3 aromatic carbocycles. The van der Waals surface area contributed by atoms with Crippen LogP contribution >= 0.6 is 15.9 Å². The van der Waals surface area contributed by atoms with E-state index in [-0.39, 0.29) is 5.91 Å². The van der Waals surface area contributed by atoms with Gasteiger partial charge in [-0.1, -0.05) is 28.1 Å². The minimum atomic E-state index is -0.164. The summed E-state index contributed by atoms with van der Waals surface area (Å²) in [6.45, 7) is 4.21. The lowest BCUT2D eigenvalue weighted by Gasteiger charge is -2.33. The summed E-state index contributed by atoms with van der Waals surface area (Å²) in [4.78, 5) is 15.7. The van der Waals surface area contributed by atoms with Gasteiger partial charge in [-0.25, -0.2) is 0 Å². The van der Waals surface area contributed by atoms with Crippen molar-refractivity contribution in [3.63, 3.8) is 0 Å². The number of methoxy groups -OCH3 is 3. The van der Waals surface area contributed by atoms with Crippen LogP contribution in [-0.2, 0) is 6.42 Å². The molecule has 0 atom stereocenters. The van der Waals surface area contributed by atoms with Crippen LogP contribution in [0.15, 0.2) is 46.9 Å². The Morgan fingerprint density at radius 3 is 2.19 bits per heavy atom. The van der Waals surface area contributed by atoms with Crippen molar-refractivity contribution < 1.29 is 19.0 Å². The van der Waals surface area contributed by atoms with Crippen LogP contribution in [0.25, 0.3) is 0 Å². The van der Waals surface area contributed by atoms with Crippen molar-refractivity contribution in [1.29, 1.82) is 0 Å². The standard InChI is InChI=1S/C25H24BrNO4/c1-14-6-9-20-19(15(14)2)10-16-7-8-18(26)13-21(16)27(20)25(28)17-11-22(29-3)24(31-5)23(12-17)30-4/h6-9,11-13H,10H2,1-5H3. The number of halogens is 1. The first-order valence-electron chi connectivity index (χ1n) is 9.91. The molecule has 0 unspecified atom stereocenters. The molecular formula is C25H24BrNO4. The van der Waals surface area contributed by atoms with Crippen LogP contribution in [0.3, 0.4) is 0 Å². The molecule has 31 heavy (non-hydrogen) atoms. The summed E-state index contributed by atoms with van der Waals surface area (Å²) in [5.74, 6) is 1.17. The first-order chi connectivity index (χ1) is 14.9. The largest absolute Gasteiger partial charge is 0.493 e. The number of aryl methyl sites for hydroxylation is 1. The van der Waals surface area contributed by atoms with E-state index < -0.39 is 0 Å². The van der Waals surface area contributed by atoms with Gasteiger partial charge in [0, 0.05) is 16.5 Å². The van der Waals surface area contributed by atoms with Gasteiger partial charge in [-0.3, -0.25) is 9.69 Å². The van der Waals surface area contributed by atoms with E-state index in [4.69, 9.17) is 14.2 Å². The summed E-state index contributed by atoms with van der Waals surface area (Å²) in [5.41, 5.74) is 6.89. The minimum absolute atomic E-state index is 0.164. The number of carbonyl (C=O) groups is 1. The third-order valence-corrected chi connectivity index (χ3v) is 6.35. The fourth-order valence-corrected chi connectivity index (χ4v) is 4.41. The second kappa shape index (κ2) is 8.27. The molecule has 5 nitrogen and oxygen atoms in total. The van der Waals surface area contributed by atoms with Crippen LogP contribution in [0.5, 0.6) is 17.2 Å². The number of rotatable bonds is 4. The zero-order chi connectivity index (χ0) is 22.3. The molecule has 0 aromatic heterocycles. The van der Waals surface area contributed by atoms with E-state index >= 15 is 0 Å². The fourth-order valence-electron chi connectivity index (χ4n) is 4.06. The molecule has 0 aliphatic carbocycles. The molecule has 0 bridgehead atoms. The first-order valence-corrected chi connectivity index (χ1v) is 10.7. The number of nitrogens with zero attached hydrogens (tertiary/aromatic N) is 1. The summed E-state index contributed by atoms with van der Waals surface area (Å²) in [5, 5.41) is 0. The maximum absolute atomic E-state index is 13.9. The maximum atomic E-state index is 13.9. The lowest BCUT2D eigenvalue weighted by molar-refractivity contribution is 0.0997. The predicted octanol–water partition coefficient (Wildman–Crippen LogP) is 5.97. The Labute approximate surface area is 190 Å². The minimum Gasteiger partial charge on any atom is -0.493 e. The molecule has 160 valence electrons. The van der Waals surface area contributed by atoms with Gasteiger partial charge >= 0.3 is 0 Å². The zero-order valence-corrected chi connectivity index (χ0v) is 19.8. The highest BCUT2D eigenvalue weighted by atomic mass is 79.9. The maximum Gasteiger partial charge on any atom is 0.263 e. The lowest BCUT2D eigenvalue weighted by Crippen LogP contribution is -2.31. The van der Waals surface area contributed by atoms with Crippen molar-refractivity contribution in [1.82, 2.24) is 0 Å². The van der Waals surface area contributed by atoms with E-state index in [1.54, 1.807) is 38.4 Å². The van der Waals surface area contributed by atoms with Gasteiger partial charge in [-0.05, 0) is 66.4 Å². The van der Waals surface area contributed by atoms with Gasteiger partial charge in [0.25, 0.3) is 5.91 Å². The average Bonchev–Trinajstić information content (AvgIpc) is 2.78. The Bertz CT molecular complexity index is 1160. The molecule has 1 amide bonds. The van der Waals surface area contributed by atoms with Crippen molar-refractivity contribution >= 4 is 33.2 Å². The lowest BCUT2D eigenvalue weighted by atomic mass is 9.90. The van der Waals surface area contributed by atoms with E-state index in [0.29, 0.717) is 22.8 Å². The van der Waals surface area contributed by atoms with E-state index in [2.05, 4.69) is 41.9 Å². The highest BCUT2D eigenvalue weighted by Crippen LogP contribution is 2.44. The summed E-state index contributed by atoms with van der Waals surface area (Å²) >= 11 is 3.56. The van der Waals surface area contributed by atoms with E-state index in [1.807, 2.05) is 18.2 Å². The molecule has 0 N–H and O–H groups in total. The van der Waals surface area contributed by atoms with Crippen LogP contribution in [0.1, 0.15) is 32.6 Å². The van der Waals surface area contributed by atoms with Crippen molar-refractivity contribution in [2.75, 3.05) is 26.2 Å². The topological polar surface area (TPSA) is 48.0 Å². The molecule has 1 heterocycles. The zero-order valence-electron chi connectivity index (χ0n) is 18.2. The second-order valence-electron chi connectivity index (χ2n) is 7.51. The molecule has 0 fully saturated rings. The summed E-state index contributed by atoms with van der Waals surface area (Å²) in [6, 6.07) is 13.5. The molecular weight excluding hydrogens is 458 g/mol. The van der Waals surface area contributed by atoms with Gasteiger partial charge in [0.05, 0.1) is 32.7 Å². The van der Waals surface area contributed by atoms with Gasteiger partial charge in [0.1, 0.15) is 0 Å². The molecule has 0 radical (unpaired) electrons. The van der Waals surface area contributed by atoms with Gasteiger partial charge in [0.2, 0.25) is 5.75 Å². The Balaban J connectivity index is 1.93. The van der Waals surface area contributed by atoms with Crippen LogP contribution in [0, 0.1) is 13.8 Å². The Morgan fingerprint density at radius 1 is 0.903 bits per heavy atom. The third-order valence-electron chi connectivity index (χ3n) is 5.86. The molecule has 1 aliphatic heterocycles. The Morgan fingerprint density at radius 2 is 1.58 bits per heavy atom. The van der Waals surface area contributed by atoms with Crippen LogP contribution in [0.4, 0.5) is 11.4 Å². The van der Waals surface area contributed by atoms with Crippen molar-refractivity contribution in [2.45, 2.75) is 20.3 Å². The molecule has 0 saturated carbocycles. The average molecular weight is 482 g/mol. The number of ether oxygens (including phenoxy) is 3. The van der Waals surface area contributed by atoms with E-state index in [9.17, 15) is 4.79 Å². The van der Waals surface area contributed by atoms with Crippen molar-refractivity contribution in [3.8, 4) is 17.2 Å². The predicted molar refractivity (Wildman–Crippen MR) is 125 cm³/mol. The molecule has 6 heteroatoms. The number of benzene rings is 3. The number of hydrogen-bond donors (Lipinski definition) is 0. The number of hydrogen-bond acceptors (Lipinski definition) is 4. The van der Waals surface area contributed by atoms with Crippen LogP contribution < -0.4 is 19.1 Å². The molecule has 4 rings (SSSR count). The van der Waals surface area contributed by atoms with E-state index in [0.717, 1.165) is 33.4 Å². The number of carbonyl (C=O) groups excluding carboxylic acids is 1. The highest BCUT2D eigenvalue weighted by molar-refractivity contribution is 9.10. The van der Waals surface area contributed by atoms with E-state index in [1.165, 1.54) is 11.1 Å².